The summed E-state index contributed by atoms with van der Waals surface area (Å²) in [4.78, 5) is 25.2. The van der Waals surface area contributed by atoms with Crippen molar-refractivity contribution >= 4 is 0 Å². The van der Waals surface area contributed by atoms with Gasteiger partial charge in [-0.25, -0.2) is 4.79 Å². The van der Waals surface area contributed by atoms with Gasteiger partial charge in [-0.3, -0.25) is 9.78 Å². The van der Waals surface area contributed by atoms with Gasteiger partial charge < -0.3 is 15.6 Å². The number of hydrogen-bond acceptors (Lipinski definition) is 3. The average molecular weight is 377 g/mol. The zero-order chi connectivity index (χ0) is 19.8. The van der Waals surface area contributed by atoms with Gasteiger partial charge in [-0.15, -0.1) is 0 Å². The van der Waals surface area contributed by atoms with Gasteiger partial charge in [-0.1, -0.05) is 60.7 Å². The van der Waals surface area contributed by atoms with E-state index in [1.54, 1.807) is 0 Å². The molecule has 0 aliphatic rings. The van der Waals surface area contributed by atoms with Crippen molar-refractivity contribution in [3.05, 3.63) is 117 Å². The smallest absolute Gasteiger partial charge is 0.328 e. The Labute approximate surface area is 163 Å². The van der Waals surface area contributed by atoms with Gasteiger partial charge in [0, 0.05) is 18.8 Å². The van der Waals surface area contributed by atoms with Gasteiger partial charge in [0.25, 0.3) is 5.56 Å². The highest BCUT2D eigenvalue weighted by Crippen LogP contribution is 2.23. The molecule has 2 aromatic carbocycles. The summed E-state index contributed by atoms with van der Waals surface area (Å²) in [6.45, 7) is 0.524. The van der Waals surface area contributed by atoms with Crippen LogP contribution in [0.1, 0.15) is 30.0 Å². The van der Waals surface area contributed by atoms with E-state index in [1.165, 1.54) is 28.0 Å². The molecular formula is C22H25N4O2+. The molecule has 0 fully saturated rings. The van der Waals surface area contributed by atoms with Gasteiger partial charge in [0.1, 0.15) is 6.20 Å². The van der Waals surface area contributed by atoms with E-state index in [0.717, 1.165) is 18.5 Å². The minimum atomic E-state index is -0.382. The molecule has 3 rings (SSSR count). The third-order valence-electron chi connectivity index (χ3n) is 4.58. The average Bonchev–Trinajstić information content (AvgIpc) is 2.73. The van der Waals surface area contributed by atoms with E-state index in [2.05, 4.69) is 40.3 Å². The van der Waals surface area contributed by atoms with Crippen molar-refractivity contribution in [3.63, 3.8) is 0 Å². The van der Waals surface area contributed by atoms with Gasteiger partial charge in [0.05, 0.1) is 11.7 Å². The molecule has 0 aliphatic carbocycles. The Morgan fingerprint density at radius 3 is 2.14 bits per heavy atom. The van der Waals surface area contributed by atoms with E-state index >= 15 is 0 Å². The Morgan fingerprint density at radius 1 is 1.00 bits per heavy atom. The summed E-state index contributed by atoms with van der Waals surface area (Å²) in [6.07, 6.45) is 4.84. The maximum atomic E-state index is 11.8. The third-order valence-corrected chi connectivity index (χ3v) is 4.58. The molecule has 144 valence electrons. The molecular weight excluding hydrogens is 352 g/mol. The summed E-state index contributed by atoms with van der Waals surface area (Å²) >= 11 is 0. The van der Waals surface area contributed by atoms with Gasteiger partial charge in [-0.2, -0.15) is 0 Å². The monoisotopic (exact) mass is 377 g/mol. The second-order valence-electron chi connectivity index (χ2n) is 6.54. The highest BCUT2D eigenvalue weighted by molar-refractivity contribution is 5.32. The lowest BCUT2D eigenvalue weighted by Gasteiger charge is -2.22. The van der Waals surface area contributed by atoms with E-state index in [-0.39, 0.29) is 17.3 Å². The summed E-state index contributed by atoms with van der Waals surface area (Å²) in [5.74, 6) is 0. The first-order chi connectivity index (χ1) is 13.7. The molecule has 0 radical (unpaired) electrons. The first-order valence-electron chi connectivity index (χ1n) is 9.32. The van der Waals surface area contributed by atoms with Crippen molar-refractivity contribution in [2.45, 2.75) is 25.4 Å². The van der Waals surface area contributed by atoms with E-state index in [4.69, 9.17) is 0 Å². The summed E-state index contributed by atoms with van der Waals surface area (Å²) in [5.41, 5.74) is 6.53. The van der Waals surface area contributed by atoms with Crippen molar-refractivity contribution < 1.29 is 5.73 Å². The fourth-order valence-corrected chi connectivity index (χ4v) is 3.13. The first-order valence-corrected chi connectivity index (χ1v) is 9.32. The summed E-state index contributed by atoms with van der Waals surface area (Å²) in [7, 11) is 0. The van der Waals surface area contributed by atoms with Crippen LogP contribution in [0.4, 0.5) is 0 Å². The Balaban J connectivity index is 1.70. The number of nitrogens with one attached hydrogen (secondary N) is 2. The van der Waals surface area contributed by atoms with Crippen LogP contribution in [0.25, 0.3) is 0 Å². The van der Waals surface area contributed by atoms with Crippen LogP contribution in [0.3, 0.4) is 0 Å². The Morgan fingerprint density at radius 2 is 1.61 bits per heavy atom. The van der Waals surface area contributed by atoms with Crippen LogP contribution < -0.4 is 22.3 Å². The van der Waals surface area contributed by atoms with Crippen LogP contribution in [0.15, 0.2) is 94.4 Å². The highest BCUT2D eigenvalue weighted by atomic mass is 16.2. The number of aromatic nitrogens is 2. The fraction of sp³-hybridized carbons (Fsp3) is 0.182. The van der Waals surface area contributed by atoms with Crippen molar-refractivity contribution in [2.75, 3.05) is 0 Å². The third kappa shape index (κ3) is 5.08. The van der Waals surface area contributed by atoms with E-state index < -0.39 is 0 Å². The summed E-state index contributed by atoms with van der Waals surface area (Å²) in [6, 6.07) is 21.9. The molecule has 0 aliphatic heterocycles. The van der Waals surface area contributed by atoms with Crippen LogP contribution in [0.5, 0.6) is 0 Å². The second-order valence-corrected chi connectivity index (χ2v) is 6.54. The summed E-state index contributed by atoms with van der Waals surface area (Å²) < 4.78 is 1.51. The number of rotatable bonds is 8. The zero-order valence-electron chi connectivity index (χ0n) is 15.7. The normalized spacial score (nSPS) is 11.6. The van der Waals surface area contributed by atoms with Crippen molar-refractivity contribution in [1.29, 1.82) is 0 Å². The van der Waals surface area contributed by atoms with Gasteiger partial charge >= 0.3 is 5.69 Å². The maximum absolute atomic E-state index is 11.8. The quantitative estimate of drug-likeness (QED) is 0.558. The Kier molecular flexibility index (Phi) is 6.59. The molecule has 1 heterocycles. The molecule has 0 bridgehead atoms. The maximum Gasteiger partial charge on any atom is 0.328 e. The number of allylic oxidation sites excluding steroid dienone is 1. The molecule has 0 unspecified atom stereocenters. The molecule has 6 heteroatoms. The minimum absolute atomic E-state index is 0.0196. The van der Waals surface area contributed by atoms with Crippen LogP contribution in [0, 0.1) is 0 Å². The molecule has 0 saturated heterocycles. The van der Waals surface area contributed by atoms with E-state index in [1.807, 2.05) is 42.6 Å². The number of nitrogens with zero attached hydrogens (tertiary/aromatic N) is 1. The first kappa shape index (κ1) is 19.4. The Hall–Kier alpha value is -3.38. The number of benzene rings is 2. The van der Waals surface area contributed by atoms with Crippen LogP contribution in [-0.4, -0.2) is 9.55 Å². The van der Waals surface area contributed by atoms with Gasteiger partial charge in [0.2, 0.25) is 0 Å². The number of hydrogen-bond donors (Lipinski definition) is 3. The van der Waals surface area contributed by atoms with Crippen LogP contribution >= 0.6 is 0 Å². The predicted octanol–water partition coefficient (Wildman–Crippen LogP) is 1.78. The number of H-pyrrole nitrogens is 1. The number of aromatic amines is 1. The van der Waals surface area contributed by atoms with E-state index in [0.29, 0.717) is 6.54 Å². The molecule has 0 spiro atoms. The fourth-order valence-electron chi connectivity index (χ4n) is 3.13. The Bertz CT molecular complexity index is 984. The lowest BCUT2D eigenvalue weighted by Crippen LogP contribution is -2.42. The molecule has 0 atom stereocenters. The molecule has 6 nitrogen and oxygen atoms in total. The number of aryl methyl sites for hydroxylation is 1. The van der Waals surface area contributed by atoms with Crippen molar-refractivity contribution in [2.24, 2.45) is 0 Å². The van der Waals surface area contributed by atoms with Gasteiger partial charge in [-0.05, 0) is 24.0 Å². The minimum Gasteiger partial charge on any atom is -0.373 e. The molecule has 0 amide bonds. The largest absolute Gasteiger partial charge is 0.373 e. The van der Waals surface area contributed by atoms with Crippen molar-refractivity contribution in [1.82, 2.24) is 14.9 Å². The molecule has 3 aromatic rings. The van der Waals surface area contributed by atoms with E-state index in [9.17, 15) is 9.59 Å². The molecule has 5 N–H and O–H groups in total. The molecule has 1 aromatic heterocycles. The molecule has 28 heavy (non-hydrogen) atoms. The number of quaternary nitrogens is 1. The SMILES string of the molecule is [NH3+]/C=C(/CCCn1ccc(=O)[nH]c1=O)NC(c1ccccc1)c1ccccc1. The zero-order valence-corrected chi connectivity index (χ0v) is 15.7. The second kappa shape index (κ2) is 9.53. The lowest BCUT2D eigenvalue weighted by atomic mass is 9.98. The van der Waals surface area contributed by atoms with Crippen LogP contribution in [-0.2, 0) is 6.54 Å². The summed E-state index contributed by atoms with van der Waals surface area (Å²) in [5, 5.41) is 3.60. The topological polar surface area (TPSA) is 94.5 Å². The van der Waals surface area contributed by atoms with Crippen molar-refractivity contribution in [3.8, 4) is 0 Å². The predicted molar refractivity (Wildman–Crippen MR) is 109 cm³/mol. The van der Waals surface area contributed by atoms with Crippen LogP contribution in [0.2, 0.25) is 0 Å². The molecule has 0 saturated carbocycles. The highest BCUT2D eigenvalue weighted by Gasteiger charge is 2.15. The standard InChI is InChI=1S/C22H24N4O2/c23-16-19(12-7-14-26-15-13-20(27)25-22(26)28)24-21(17-8-3-1-4-9-17)18-10-5-2-6-11-18/h1-6,8-11,13,15-16,21,24H,7,12,14,23H2,(H,25,27,28)/p+1/b19-16-. The lowest BCUT2D eigenvalue weighted by molar-refractivity contribution is -0.277. The van der Waals surface area contributed by atoms with Gasteiger partial charge in [0.15, 0.2) is 0 Å².